The van der Waals surface area contributed by atoms with Crippen molar-refractivity contribution >= 4 is 33.2 Å². The molecule has 0 atom stereocenters. The Balaban J connectivity index is 1.62. The van der Waals surface area contributed by atoms with Crippen LogP contribution < -0.4 is 14.9 Å². The molecule has 2 amide bonds. The summed E-state index contributed by atoms with van der Waals surface area (Å²) < 4.78 is 28.0. The molecule has 176 valence electrons. The molecule has 0 aromatic heterocycles. The SMILES string of the molecule is CCCCNC(=O)c1ccccc1NC(=O)CN1c2ccc(C)cc2-c2ccccc2S1(=O)=O. The fourth-order valence-electron chi connectivity index (χ4n) is 4.00. The van der Waals surface area contributed by atoms with Crippen LogP contribution in [0, 0.1) is 6.92 Å². The van der Waals surface area contributed by atoms with Crippen molar-refractivity contribution in [3.8, 4) is 11.1 Å². The van der Waals surface area contributed by atoms with Gasteiger partial charge < -0.3 is 10.6 Å². The Morgan fingerprint density at radius 3 is 2.47 bits per heavy atom. The number of hydrogen-bond donors (Lipinski definition) is 2. The van der Waals surface area contributed by atoms with Crippen molar-refractivity contribution < 1.29 is 18.0 Å². The lowest BCUT2D eigenvalue weighted by Gasteiger charge is -2.32. The number of anilines is 2. The first-order chi connectivity index (χ1) is 16.3. The highest BCUT2D eigenvalue weighted by atomic mass is 32.2. The average Bonchev–Trinajstić information content (AvgIpc) is 2.82. The van der Waals surface area contributed by atoms with Crippen molar-refractivity contribution in [2.75, 3.05) is 22.7 Å². The number of amides is 2. The van der Waals surface area contributed by atoms with Gasteiger partial charge in [0.1, 0.15) is 6.54 Å². The molecule has 1 heterocycles. The number of unbranched alkanes of at least 4 members (excludes halogenated alkanes) is 1. The third-order valence-electron chi connectivity index (χ3n) is 5.71. The van der Waals surface area contributed by atoms with Crippen LogP contribution in [0.25, 0.3) is 11.1 Å². The second-order valence-corrected chi connectivity index (χ2v) is 10.1. The van der Waals surface area contributed by atoms with E-state index in [1.807, 2.05) is 26.0 Å². The van der Waals surface area contributed by atoms with Crippen molar-refractivity contribution in [3.05, 3.63) is 77.9 Å². The summed E-state index contributed by atoms with van der Waals surface area (Å²) in [7, 11) is -3.94. The van der Waals surface area contributed by atoms with Gasteiger partial charge >= 0.3 is 0 Å². The van der Waals surface area contributed by atoms with Crippen LogP contribution in [-0.4, -0.2) is 33.3 Å². The zero-order valence-corrected chi connectivity index (χ0v) is 20.0. The number of benzene rings is 3. The molecule has 7 nitrogen and oxygen atoms in total. The number of sulfonamides is 1. The predicted molar refractivity (Wildman–Crippen MR) is 133 cm³/mol. The highest BCUT2D eigenvalue weighted by Gasteiger charge is 2.36. The minimum absolute atomic E-state index is 0.164. The second kappa shape index (κ2) is 9.69. The zero-order chi connectivity index (χ0) is 24.3. The predicted octanol–water partition coefficient (Wildman–Crippen LogP) is 4.34. The van der Waals surface area contributed by atoms with E-state index in [9.17, 15) is 18.0 Å². The average molecular weight is 478 g/mol. The number of hydrogen-bond acceptors (Lipinski definition) is 4. The van der Waals surface area contributed by atoms with Crippen LogP contribution in [-0.2, 0) is 14.8 Å². The minimum Gasteiger partial charge on any atom is -0.352 e. The lowest BCUT2D eigenvalue weighted by Crippen LogP contribution is -2.40. The van der Waals surface area contributed by atoms with Gasteiger partial charge in [0.2, 0.25) is 5.91 Å². The first-order valence-electron chi connectivity index (χ1n) is 11.2. The lowest BCUT2D eigenvalue weighted by atomic mass is 10.0. The van der Waals surface area contributed by atoms with E-state index in [1.165, 1.54) is 0 Å². The molecule has 0 radical (unpaired) electrons. The smallest absolute Gasteiger partial charge is 0.265 e. The molecule has 34 heavy (non-hydrogen) atoms. The van der Waals surface area contributed by atoms with Gasteiger partial charge in [-0.05, 0) is 43.7 Å². The van der Waals surface area contributed by atoms with E-state index in [1.54, 1.807) is 54.6 Å². The van der Waals surface area contributed by atoms with Crippen LogP contribution in [0.3, 0.4) is 0 Å². The number of aryl methyl sites for hydroxylation is 1. The van der Waals surface area contributed by atoms with Gasteiger partial charge in [0.05, 0.1) is 21.8 Å². The van der Waals surface area contributed by atoms with Gasteiger partial charge in [0.25, 0.3) is 15.9 Å². The van der Waals surface area contributed by atoms with E-state index >= 15 is 0 Å². The van der Waals surface area contributed by atoms with Gasteiger partial charge in [-0.3, -0.25) is 13.9 Å². The normalized spacial score (nSPS) is 13.5. The first-order valence-corrected chi connectivity index (χ1v) is 12.7. The van der Waals surface area contributed by atoms with Gasteiger partial charge in [0.15, 0.2) is 0 Å². The Labute approximate surface area is 199 Å². The van der Waals surface area contributed by atoms with E-state index in [-0.39, 0.29) is 10.8 Å². The summed E-state index contributed by atoms with van der Waals surface area (Å²) in [4.78, 5) is 25.8. The fraction of sp³-hybridized carbons (Fsp3) is 0.231. The van der Waals surface area contributed by atoms with Crippen LogP contribution in [0.15, 0.2) is 71.6 Å². The summed E-state index contributed by atoms with van der Waals surface area (Å²) in [5.74, 6) is -0.826. The number of fused-ring (bicyclic) bond motifs is 3. The number of carbonyl (C=O) groups excluding carboxylic acids is 2. The number of nitrogens with zero attached hydrogens (tertiary/aromatic N) is 1. The van der Waals surface area contributed by atoms with Gasteiger partial charge in [0, 0.05) is 17.7 Å². The molecule has 8 heteroatoms. The number of rotatable bonds is 7. The fourth-order valence-corrected chi connectivity index (χ4v) is 5.65. The molecule has 3 aromatic carbocycles. The van der Waals surface area contributed by atoms with E-state index in [2.05, 4.69) is 10.6 Å². The van der Waals surface area contributed by atoms with E-state index < -0.39 is 22.5 Å². The molecule has 1 aliphatic heterocycles. The molecule has 3 aromatic rings. The standard InChI is InChI=1S/C26H27N3O4S/c1-3-4-15-27-26(31)20-10-5-7-11-22(20)28-25(30)17-29-23-14-13-18(2)16-21(23)19-9-6-8-12-24(19)34(29,32)33/h5-14,16H,3-4,15,17H2,1-2H3,(H,27,31)(H,28,30). The van der Waals surface area contributed by atoms with Crippen LogP contribution in [0.4, 0.5) is 11.4 Å². The summed E-state index contributed by atoms with van der Waals surface area (Å²) in [5.41, 5.74) is 3.47. The molecule has 1 aliphatic rings. The molecule has 2 N–H and O–H groups in total. The molecular formula is C26H27N3O4S. The molecule has 0 fully saturated rings. The largest absolute Gasteiger partial charge is 0.352 e. The monoisotopic (exact) mass is 477 g/mol. The molecule has 0 aliphatic carbocycles. The Kier molecular flexibility index (Phi) is 6.70. The van der Waals surface area contributed by atoms with Crippen molar-refractivity contribution in [3.63, 3.8) is 0 Å². The molecule has 0 saturated carbocycles. The van der Waals surface area contributed by atoms with Crippen LogP contribution in [0.5, 0.6) is 0 Å². The lowest BCUT2D eigenvalue weighted by molar-refractivity contribution is -0.114. The quantitative estimate of drug-likeness (QED) is 0.495. The summed E-state index contributed by atoms with van der Waals surface area (Å²) in [6.07, 6.45) is 1.81. The molecule has 0 unspecified atom stereocenters. The maximum absolute atomic E-state index is 13.4. The van der Waals surface area contributed by atoms with Crippen molar-refractivity contribution in [1.29, 1.82) is 0 Å². The van der Waals surface area contributed by atoms with E-state index in [0.29, 0.717) is 29.0 Å². The second-order valence-electron chi connectivity index (χ2n) is 8.23. The number of carbonyl (C=O) groups is 2. The number of para-hydroxylation sites is 1. The molecule has 0 spiro atoms. The Hall–Kier alpha value is -3.65. The highest BCUT2D eigenvalue weighted by Crippen LogP contribution is 2.43. The van der Waals surface area contributed by atoms with E-state index in [4.69, 9.17) is 0 Å². The summed E-state index contributed by atoms with van der Waals surface area (Å²) >= 11 is 0. The molecule has 0 bridgehead atoms. The van der Waals surface area contributed by atoms with Crippen LogP contribution in [0.2, 0.25) is 0 Å². The third kappa shape index (κ3) is 4.54. The van der Waals surface area contributed by atoms with Gasteiger partial charge in [-0.2, -0.15) is 0 Å². The van der Waals surface area contributed by atoms with Crippen molar-refractivity contribution in [2.24, 2.45) is 0 Å². The Morgan fingerprint density at radius 2 is 1.68 bits per heavy atom. The van der Waals surface area contributed by atoms with Gasteiger partial charge in [-0.25, -0.2) is 8.42 Å². The van der Waals surface area contributed by atoms with E-state index in [0.717, 1.165) is 28.3 Å². The number of nitrogens with one attached hydrogen (secondary N) is 2. The first kappa shape index (κ1) is 23.5. The zero-order valence-electron chi connectivity index (χ0n) is 19.2. The maximum Gasteiger partial charge on any atom is 0.265 e. The van der Waals surface area contributed by atoms with Crippen LogP contribution in [0.1, 0.15) is 35.7 Å². The topological polar surface area (TPSA) is 95.6 Å². The van der Waals surface area contributed by atoms with Crippen molar-refractivity contribution in [1.82, 2.24) is 5.32 Å². The summed E-state index contributed by atoms with van der Waals surface area (Å²) in [6.45, 7) is 4.09. The Bertz CT molecular complexity index is 1350. The highest BCUT2D eigenvalue weighted by molar-refractivity contribution is 7.93. The van der Waals surface area contributed by atoms with Crippen molar-refractivity contribution in [2.45, 2.75) is 31.6 Å². The summed E-state index contributed by atoms with van der Waals surface area (Å²) in [6, 6.07) is 18.9. The molecule has 4 rings (SSSR count). The van der Waals surface area contributed by atoms with Gasteiger partial charge in [-0.15, -0.1) is 0 Å². The van der Waals surface area contributed by atoms with Crippen LogP contribution >= 0.6 is 0 Å². The molecule has 0 saturated heterocycles. The summed E-state index contributed by atoms with van der Waals surface area (Å²) in [5, 5.41) is 5.57. The van der Waals surface area contributed by atoms with Gasteiger partial charge in [-0.1, -0.05) is 55.3 Å². The molecular weight excluding hydrogens is 450 g/mol. The Morgan fingerprint density at radius 1 is 0.941 bits per heavy atom. The third-order valence-corrected chi connectivity index (χ3v) is 7.53. The maximum atomic E-state index is 13.4. The minimum atomic E-state index is -3.94.